The van der Waals surface area contributed by atoms with E-state index in [1.807, 2.05) is 30.3 Å². The van der Waals surface area contributed by atoms with Crippen molar-refractivity contribution >= 4 is 11.8 Å². The number of halogens is 1. The average Bonchev–Trinajstić information content (AvgIpc) is 3.40. The molecule has 0 N–H and O–H groups in total. The van der Waals surface area contributed by atoms with Gasteiger partial charge in [0.05, 0.1) is 38.5 Å². The van der Waals surface area contributed by atoms with E-state index >= 15 is 0 Å². The van der Waals surface area contributed by atoms with Gasteiger partial charge in [-0.1, -0.05) is 48.5 Å². The van der Waals surface area contributed by atoms with E-state index in [-0.39, 0.29) is 11.9 Å². The number of anilines is 1. The lowest BCUT2D eigenvalue weighted by Gasteiger charge is -2.52. The van der Waals surface area contributed by atoms with E-state index in [1.165, 1.54) is 23.3 Å². The van der Waals surface area contributed by atoms with Gasteiger partial charge >= 0.3 is 6.09 Å². The normalized spacial score (nSPS) is 23.8. The molecule has 3 aromatic carbocycles. The molecule has 4 aliphatic rings. The van der Waals surface area contributed by atoms with Crippen molar-refractivity contribution in [3.8, 4) is 5.75 Å². The maximum absolute atomic E-state index is 14.1. The second-order valence-electron chi connectivity index (χ2n) is 10.8. The lowest BCUT2D eigenvalue weighted by molar-refractivity contribution is -0.945. The standard InChI is InChI=1S/C31H34FN2O3/c32-27-7-4-8-28(20-27)33(21-24-5-2-1-3-6-24)31(35)37-30-22-34(16-12-25(30)13-17-34)15-11-23-9-10-29-26(19-23)14-18-36-29/h1-10,19-20,25,30H,11-18,21-22H2/q+1/t25?,30-,34?/m0/s1. The Morgan fingerprint density at radius 3 is 2.65 bits per heavy atom. The van der Waals surface area contributed by atoms with Crippen LogP contribution < -0.4 is 9.64 Å². The first-order valence-corrected chi connectivity index (χ1v) is 13.4. The minimum atomic E-state index is -0.398. The fourth-order valence-corrected chi connectivity index (χ4v) is 6.30. The van der Waals surface area contributed by atoms with Gasteiger partial charge in [-0.3, -0.25) is 4.90 Å². The topological polar surface area (TPSA) is 38.8 Å². The second kappa shape index (κ2) is 10.2. The summed E-state index contributed by atoms with van der Waals surface area (Å²) in [4.78, 5) is 15.1. The van der Waals surface area contributed by atoms with Gasteiger partial charge in [0.1, 0.15) is 18.1 Å². The van der Waals surface area contributed by atoms with E-state index < -0.39 is 6.09 Å². The van der Waals surface area contributed by atoms with Crippen molar-refractivity contribution in [3.05, 3.63) is 95.3 Å². The Kier molecular flexibility index (Phi) is 6.59. The molecule has 3 fully saturated rings. The Bertz CT molecular complexity index is 1260. The third-order valence-corrected chi connectivity index (χ3v) is 8.45. The maximum atomic E-state index is 14.1. The highest BCUT2D eigenvalue weighted by molar-refractivity contribution is 5.87. The molecule has 7 rings (SSSR count). The molecule has 0 spiro atoms. The van der Waals surface area contributed by atoms with Crippen LogP contribution in [0.2, 0.25) is 0 Å². The first-order valence-electron chi connectivity index (χ1n) is 13.4. The van der Waals surface area contributed by atoms with Crippen molar-refractivity contribution in [2.75, 3.05) is 37.7 Å². The molecule has 4 aliphatic heterocycles. The molecule has 1 amide bonds. The first kappa shape index (κ1) is 24.0. The van der Waals surface area contributed by atoms with Crippen LogP contribution in [0.15, 0.2) is 72.8 Å². The summed E-state index contributed by atoms with van der Waals surface area (Å²) in [5, 5.41) is 0. The van der Waals surface area contributed by atoms with Crippen LogP contribution in [0.25, 0.3) is 0 Å². The highest BCUT2D eigenvalue weighted by Gasteiger charge is 2.47. The summed E-state index contributed by atoms with van der Waals surface area (Å²) < 4.78 is 27.0. The van der Waals surface area contributed by atoms with E-state index in [0.29, 0.717) is 18.2 Å². The first-order chi connectivity index (χ1) is 18.1. The average molecular weight is 502 g/mol. The molecule has 3 aromatic rings. The smallest absolute Gasteiger partial charge is 0.415 e. The number of carbonyl (C=O) groups is 1. The fourth-order valence-electron chi connectivity index (χ4n) is 6.30. The molecule has 0 saturated carbocycles. The van der Waals surface area contributed by atoms with Crippen LogP contribution >= 0.6 is 0 Å². The van der Waals surface area contributed by atoms with Crippen LogP contribution in [0.3, 0.4) is 0 Å². The second-order valence-corrected chi connectivity index (χ2v) is 10.8. The SMILES string of the molecule is O=C(O[C@H]1C[N+]2(CCc3ccc4c(c3)CCO4)CCC1CC2)N(Cc1ccccc1)c1cccc(F)c1. The number of hydrogen-bond acceptors (Lipinski definition) is 3. The molecule has 192 valence electrons. The largest absolute Gasteiger partial charge is 0.493 e. The van der Waals surface area contributed by atoms with Crippen molar-refractivity contribution in [2.45, 2.75) is 38.3 Å². The molecule has 2 bridgehead atoms. The Morgan fingerprint density at radius 1 is 1.00 bits per heavy atom. The van der Waals surface area contributed by atoms with E-state index in [2.05, 4.69) is 18.2 Å². The number of amides is 1. The molecule has 37 heavy (non-hydrogen) atoms. The lowest BCUT2D eigenvalue weighted by Crippen LogP contribution is -2.65. The summed E-state index contributed by atoms with van der Waals surface area (Å²) in [5.74, 6) is 1.06. The van der Waals surface area contributed by atoms with Gasteiger partial charge in [0.25, 0.3) is 0 Å². The third kappa shape index (κ3) is 5.21. The Morgan fingerprint density at radius 2 is 1.84 bits per heavy atom. The Balaban J connectivity index is 1.15. The summed E-state index contributed by atoms with van der Waals surface area (Å²) in [7, 11) is 0. The van der Waals surface area contributed by atoms with Crippen molar-refractivity contribution in [2.24, 2.45) is 5.92 Å². The van der Waals surface area contributed by atoms with E-state index in [4.69, 9.17) is 9.47 Å². The molecular weight excluding hydrogens is 467 g/mol. The number of piperidine rings is 3. The molecular formula is C31H34FN2O3+. The number of carbonyl (C=O) groups excluding carboxylic acids is 1. The summed E-state index contributed by atoms with van der Waals surface area (Å²) >= 11 is 0. The van der Waals surface area contributed by atoms with Gasteiger partial charge in [-0.25, -0.2) is 9.18 Å². The highest BCUT2D eigenvalue weighted by atomic mass is 19.1. The number of rotatable bonds is 7. The van der Waals surface area contributed by atoms with Crippen molar-refractivity contribution in [3.63, 3.8) is 0 Å². The van der Waals surface area contributed by atoms with Crippen LogP contribution in [0, 0.1) is 11.7 Å². The number of ether oxygens (including phenoxy) is 2. The molecule has 3 saturated heterocycles. The number of benzene rings is 3. The number of hydrogen-bond donors (Lipinski definition) is 0. The molecule has 0 radical (unpaired) electrons. The number of fused-ring (bicyclic) bond motifs is 4. The maximum Gasteiger partial charge on any atom is 0.415 e. The van der Waals surface area contributed by atoms with Gasteiger partial charge in [0.2, 0.25) is 0 Å². The minimum absolute atomic E-state index is 0.116. The van der Waals surface area contributed by atoms with Crippen LogP contribution in [0.4, 0.5) is 14.9 Å². The molecule has 6 heteroatoms. The van der Waals surface area contributed by atoms with Crippen LogP contribution in [-0.2, 0) is 24.1 Å². The van der Waals surface area contributed by atoms with Crippen LogP contribution in [0.5, 0.6) is 5.75 Å². The predicted molar refractivity (Wildman–Crippen MR) is 141 cm³/mol. The Labute approximate surface area is 218 Å². The van der Waals surface area contributed by atoms with Gasteiger partial charge in [-0.15, -0.1) is 0 Å². The lowest BCUT2D eigenvalue weighted by atomic mass is 9.83. The van der Waals surface area contributed by atoms with Gasteiger partial charge in [-0.2, -0.15) is 0 Å². The molecule has 0 unspecified atom stereocenters. The van der Waals surface area contributed by atoms with Crippen LogP contribution in [0.1, 0.15) is 29.5 Å². The molecule has 1 atom stereocenters. The van der Waals surface area contributed by atoms with Gasteiger partial charge in [-0.05, 0) is 41.0 Å². The van der Waals surface area contributed by atoms with Gasteiger partial charge in [0, 0.05) is 31.6 Å². The summed E-state index contributed by atoms with van der Waals surface area (Å²) in [6.45, 7) is 5.31. The highest BCUT2D eigenvalue weighted by Crippen LogP contribution is 2.37. The quantitative estimate of drug-likeness (QED) is 0.387. The summed E-state index contributed by atoms with van der Waals surface area (Å²) in [6, 6.07) is 22.6. The zero-order valence-corrected chi connectivity index (χ0v) is 21.2. The summed E-state index contributed by atoms with van der Waals surface area (Å²) in [6.07, 6.45) is 3.65. The monoisotopic (exact) mass is 501 g/mol. The minimum Gasteiger partial charge on any atom is -0.493 e. The van der Waals surface area contributed by atoms with Gasteiger partial charge in [0.15, 0.2) is 6.10 Å². The van der Waals surface area contributed by atoms with E-state index in [9.17, 15) is 9.18 Å². The third-order valence-electron chi connectivity index (χ3n) is 8.45. The summed E-state index contributed by atoms with van der Waals surface area (Å²) in [5.41, 5.74) is 4.16. The molecule has 4 heterocycles. The van der Waals surface area contributed by atoms with Crippen molar-refractivity contribution in [1.82, 2.24) is 0 Å². The zero-order chi connectivity index (χ0) is 25.2. The van der Waals surface area contributed by atoms with Crippen LogP contribution in [-0.4, -0.2) is 49.5 Å². The molecule has 5 nitrogen and oxygen atoms in total. The Hall–Kier alpha value is -3.38. The van der Waals surface area contributed by atoms with Crippen molar-refractivity contribution < 1.29 is 23.1 Å². The molecule has 0 aromatic heterocycles. The number of nitrogens with zero attached hydrogens (tertiary/aromatic N) is 2. The van der Waals surface area contributed by atoms with E-state index in [1.54, 1.807) is 17.0 Å². The fraction of sp³-hybridized carbons (Fsp3) is 0.387. The van der Waals surface area contributed by atoms with Crippen molar-refractivity contribution in [1.29, 1.82) is 0 Å². The number of quaternary nitrogens is 1. The molecule has 0 aliphatic carbocycles. The zero-order valence-electron chi connectivity index (χ0n) is 21.2. The van der Waals surface area contributed by atoms with E-state index in [0.717, 1.165) is 74.3 Å². The van der Waals surface area contributed by atoms with Gasteiger partial charge < -0.3 is 14.0 Å². The predicted octanol–water partition coefficient (Wildman–Crippen LogP) is 5.76.